The average Bonchev–Trinajstić information content (AvgIpc) is 3.07. The number of carbonyl (C=O) groups is 2. The van der Waals surface area contributed by atoms with Gasteiger partial charge in [-0.2, -0.15) is 0 Å². The van der Waals surface area contributed by atoms with Gasteiger partial charge < -0.3 is 15.5 Å². The van der Waals surface area contributed by atoms with E-state index in [4.69, 9.17) is 0 Å². The number of allylic oxidation sites excluding steroid dienone is 1. The van der Waals surface area contributed by atoms with Crippen LogP contribution in [0.5, 0.6) is 0 Å². The molecule has 2 fully saturated rings. The van der Waals surface area contributed by atoms with Gasteiger partial charge in [0.15, 0.2) is 0 Å². The van der Waals surface area contributed by atoms with Gasteiger partial charge in [-0.1, -0.05) is 13.0 Å². The lowest BCUT2D eigenvalue weighted by molar-refractivity contribution is -0.128. The second kappa shape index (κ2) is 8.32. The fourth-order valence-corrected chi connectivity index (χ4v) is 3.34. The molecule has 2 heterocycles. The minimum Gasteiger partial charge on any atom is -0.354 e. The van der Waals surface area contributed by atoms with Crippen molar-refractivity contribution in [3.8, 4) is 0 Å². The van der Waals surface area contributed by atoms with Crippen LogP contribution in [0, 0.1) is 5.92 Å². The Morgan fingerprint density at radius 3 is 2.82 bits per heavy atom. The highest BCUT2D eigenvalue weighted by atomic mass is 16.2. The van der Waals surface area contributed by atoms with Crippen molar-refractivity contribution in [2.45, 2.75) is 52.0 Å². The lowest BCUT2D eigenvalue weighted by atomic mass is 9.97. The molecule has 0 aliphatic carbocycles. The molecule has 2 rings (SSSR count). The number of piperidine rings is 1. The van der Waals surface area contributed by atoms with Crippen molar-refractivity contribution in [3.05, 3.63) is 11.6 Å². The molecule has 124 valence electrons. The molecule has 0 radical (unpaired) electrons. The molecule has 2 aliphatic rings. The van der Waals surface area contributed by atoms with Crippen LogP contribution in [0.4, 0.5) is 0 Å². The highest BCUT2D eigenvalue weighted by molar-refractivity contribution is 5.92. The topological polar surface area (TPSA) is 61.4 Å². The van der Waals surface area contributed by atoms with E-state index in [1.54, 1.807) is 0 Å². The van der Waals surface area contributed by atoms with Crippen molar-refractivity contribution in [1.29, 1.82) is 0 Å². The highest BCUT2D eigenvalue weighted by Crippen LogP contribution is 2.18. The molecular formula is C17H29N3O2. The normalized spacial score (nSPS) is 26.1. The molecule has 2 saturated heterocycles. The Labute approximate surface area is 133 Å². The number of nitrogens with one attached hydrogen (secondary N) is 2. The molecule has 0 bridgehead atoms. The third-order valence-electron chi connectivity index (χ3n) is 4.60. The summed E-state index contributed by atoms with van der Waals surface area (Å²) in [4.78, 5) is 26.3. The maximum absolute atomic E-state index is 12.3. The summed E-state index contributed by atoms with van der Waals surface area (Å²) >= 11 is 0. The van der Waals surface area contributed by atoms with E-state index in [-0.39, 0.29) is 17.9 Å². The number of rotatable bonds is 5. The predicted octanol–water partition coefficient (Wildman–Crippen LogP) is 1.45. The van der Waals surface area contributed by atoms with E-state index in [0.29, 0.717) is 12.5 Å². The summed E-state index contributed by atoms with van der Waals surface area (Å²) in [6, 6.07) is -0.0175. The third kappa shape index (κ3) is 4.57. The molecular weight excluding hydrogens is 278 g/mol. The average molecular weight is 307 g/mol. The number of amides is 2. The first kappa shape index (κ1) is 17.0. The molecule has 22 heavy (non-hydrogen) atoms. The van der Waals surface area contributed by atoms with Crippen LogP contribution in [0.2, 0.25) is 0 Å². The highest BCUT2D eigenvalue weighted by Gasteiger charge is 2.26. The minimum absolute atomic E-state index is 0.0175. The molecule has 2 amide bonds. The van der Waals surface area contributed by atoms with E-state index in [0.717, 1.165) is 57.3 Å². The van der Waals surface area contributed by atoms with Crippen LogP contribution in [0.1, 0.15) is 46.0 Å². The molecule has 0 spiro atoms. The van der Waals surface area contributed by atoms with Gasteiger partial charge in [0.1, 0.15) is 0 Å². The van der Waals surface area contributed by atoms with Gasteiger partial charge in [-0.3, -0.25) is 9.59 Å². The zero-order chi connectivity index (χ0) is 15.9. The second-order valence-corrected chi connectivity index (χ2v) is 6.45. The summed E-state index contributed by atoms with van der Waals surface area (Å²) in [6.07, 6.45) is 6.99. The number of hydrogen-bond donors (Lipinski definition) is 2. The first-order valence-electron chi connectivity index (χ1n) is 8.59. The zero-order valence-corrected chi connectivity index (χ0v) is 13.9. The van der Waals surface area contributed by atoms with Crippen LogP contribution in [-0.4, -0.2) is 48.9 Å². The molecule has 0 aromatic rings. The van der Waals surface area contributed by atoms with Gasteiger partial charge in [-0.25, -0.2) is 0 Å². The lowest BCUT2D eigenvalue weighted by Crippen LogP contribution is -2.46. The zero-order valence-electron chi connectivity index (χ0n) is 13.9. The Hall–Kier alpha value is -1.36. The Morgan fingerprint density at radius 2 is 2.14 bits per heavy atom. The van der Waals surface area contributed by atoms with E-state index in [1.165, 1.54) is 0 Å². The fourth-order valence-electron chi connectivity index (χ4n) is 3.34. The SMILES string of the molecule is CC/C=C(/C)C(=O)N1CCC[C@@H](CNC(=O)[C@H]2CCCN2)C1. The summed E-state index contributed by atoms with van der Waals surface area (Å²) < 4.78 is 0. The van der Waals surface area contributed by atoms with E-state index < -0.39 is 0 Å². The summed E-state index contributed by atoms with van der Waals surface area (Å²) in [5.41, 5.74) is 0.836. The van der Waals surface area contributed by atoms with Crippen molar-refractivity contribution >= 4 is 11.8 Å². The summed E-state index contributed by atoms with van der Waals surface area (Å²) in [5, 5.41) is 6.27. The maximum Gasteiger partial charge on any atom is 0.249 e. The van der Waals surface area contributed by atoms with Gasteiger partial charge in [0.2, 0.25) is 11.8 Å². The maximum atomic E-state index is 12.3. The van der Waals surface area contributed by atoms with Crippen molar-refractivity contribution in [3.63, 3.8) is 0 Å². The van der Waals surface area contributed by atoms with Crippen molar-refractivity contribution < 1.29 is 9.59 Å². The largest absolute Gasteiger partial charge is 0.354 e. The smallest absolute Gasteiger partial charge is 0.249 e. The van der Waals surface area contributed by atoms with E-state index in [9.17, 15) is 9.59 Å². The van der Waals surface area contributed by atoms with E-state index in [2.05, 4.69) is 10.6 Å². The van der Waals surface area contributed by atoms with Crippen LogP contribution < -0.4 is 10.6 Å². The number of likely N-dealkylation sites (tertiary alicyclic amines) is 1. The number of carbonyl (C=O) groups excluding carboxylic acids is 2. The Balaban J connectivity index is 1.79. The first-order chi connectivity index (χ1) is 10.6. The predicted molar refractivity (Wildman–Crippen MR) is 87.4 cm³/mol. The lowest BCUT2D eigenvalue weighted by Gasteiger charge is -2.33. The summed E-state index contributed by atoms with van der Waals surface area (Å²) in [6.45, 7) is 7.14. The second-order valence-electron chi connectivity index (χ2n) is 6.45. The van der Waals surface area contributed by atoms with Crippen molar-refractivity contribution in [2.24, 2.45) is 5.92 Å². The van der Waals surface area contributed by atoms with Gasteiger partial charge >= 0.3 is 0 Å². The molecule has 0 aromatic carbocycles. The van der Waals surface area contributed by atoms with Crippen molar-refractivity contribution in [2.75, 3.05) is 26.2 Å². The van der Waals surface area contributed by atoms with Gasteiger partial charge in [0.25, 0.3) is 0 Å². The standard InChI is InChI=1S/C17H29N3O2/c1-3-6-13(2)17(22)20-10-5-7-14(12-20)11-19-16(21)15-8-4-9-18-15/h6,14-15,18H,3-5,7-12H2,1-2H3,(H,19,21)/b13-6-/t14-,15+/m0/s1. The molecule has 0 saturated carbocycles. The van der Waals surface area contributed by atoms with Gasteiger partial charge in [0.05, 0.1) is 6.04 Å². The third-order valence-corrected chi connectivity index (χ3v) is 4.60. The van der Waals surface area contributed by atoms with Gasteiger partial charge in [0, 0.05) is 25.2 Å². The minimum atomic E-state index is -0.0175. The van der Waals surface area contributed by atoms with Crippen molar-refractivity contribution in [1.82, 2.24) is 15.5 Å². The number of nitrogens with zero attached hydrogens (tertiary/aromatic N) is 1. The first-order valence-corrected chi connectivity index (χ1v) is 8.59. The quantitative estimate of drug-likeness (QED) is 0.756. The molecule has 2 atom stereocenters. The molecule has 5 heteroatoms. The molecule has 5 nitrogen and oxygen atoms in total. The van der Waals surface area contributed by atoms with Crippen LogP contribution in [0.25, 0.3) is 0 Å². The fraction of sp³-hybridized carbons (Fsp3) is 0.765. The van der Waals surface area contributed by atoms with Crippen LogP contribution in [0.15, 0.2) is 11.6 Å². The Kier molecular flexibility index (Phi) is 6.43. The van der Waals surface area contributed by atoms with Gasteiger partial charge in [-0.05, 0) is 51.5 Å². The van der Waals surface area contributed by atoms with E-state index in [1.807, 2.05) is 24.8 Å². The molecule has 2 aliphatic heterocycles. The monoisotopic (exact) mass is 307 g/mol. The van der Waals surface area contributed by atoms with E-state index >= 15 is 0 Å². The Morgan fingerprint density at radius 1 is 1.32 bits per heavy atom. The summed E-state index contributed by atoms with van der Waals surface area (Å²) in [7, 11) is 0. The molecule has 2 N–H and O–H groups in total. The number of hydrogen-bond acceptors (Lipinski definition) is 3. The summed E-state index contributed by atoms with van der Waals surface area (Å²) in [5.74, 6) is 0.635. The molecule has 0 aromatic heterocycles. The van der Waals surface area contributed by atoms with Crippen LogP contribution >= 0.6 is 0 Å². The van der Waals surface area contributed by atoms with Gasteiger partial charge in [-0.15, -0.1) is 0 Å². The Bertz CT molecular complexity index is 428. The van der Waals surface area contributed by atoms with Crippen LogP contribution in [0.3, 0.4) is 0 Å². The van der Waals surface area contributed by atoms with Crippen LogP contribution in [-0.2, 0) is 9.59 Å². The molecule has 0 unspecified atom stereocenters.